The van der Waals surface area contributed by atoms with Crippen LogP contribution in [0.2, 0.25) is 0 Å². The third kappa shape index (κ3) is 5.84. The van der Waals surface area contributed by atoms with Crippen LogP contribution in [0, 0.1) is 0 Å². The predicted molar refractivity (Wildman–Crippen MR) is 134 cm³/mol. The first-order valence-electron chi connectivity index (χ1n) is 11.4. The third-order valence-corrected chi connectivity index (χ3v) is 5.77. The second-order valence-electron chi connectivity index (χ2n) is 8.19. The summed E-state index contributed by atoms with van der Waals surface area (Å²) in [5.74, 6) is 1.99. The summed E-state index contributed by atoms with van der Waals surface area (Å²) in [6.07, 6.45) is -0.00924. The van der Waals surface area contributed by atoms with Gasteiger partial charge in [0.2, 0.25) is 0 Å². The molecule has 0 aliphatic carbocycles. The highest BCUT2D eigenvalue weighted by molar-refractivity contribution is 6.00. The zero-order chi connectivity index (χ0) is 24.8. The Bertz CT molecular complexity index is 1200. The van der Waals surface area contributed by atoms with Crippen molar-refractivity contribution in [2.45, 2.75) is 32.5 Å². The van der Waals surface area contributed by atoms with Crippen LogP contribution in [0.5, 0.6) is 17.2 Å². The number of amides is 3. The molecule has 0 saturated heterocycles. The third-order valence-electron chi connectivity index (χ3n) is 5.77. The summed E-state index contributed by atoms with van der Waals surface area (Å²) in [6, 6.07) is 19.8. The standard InChI is InChI=1S/C27H29N3O5/c1-4-24-26(31)30(16-18-8-11-22(33-2)12-9-18)17-19-14-21(10-13-25(19)35-24)29-27(32)28-20-6-5-7-23(15-20)34-3/h5-15,24H,4,16-17H2,1-3H3,(H2,28,29,32). The normalized spacial score (nSPS) is 14.9. The number of carbonyl (C=O) groups is 2. The molecule has 1 aliphatic heterocycles. The van der Waals surface area contributed by atoms with Crippen molar-refractivity contribution in [2.75, 3.05) is 24.9 Å². The molecule has 1 aliphatic rings. The van der Waals surface area contributed by atoms with Crippen molar-refractivity contribution in [1.29, 1.82) is 0 Å². The molecular weight excluding hydrogens is 446 g/mol. The molecule has 3 aromatic carbocycles. The van der Waals surface area contributed by atoms with Crippen molar-refractivity contribution in [2.24, 2.45) is 0 Å². The molecule has 0 saturated carbocycles. The average molecular weight is 476 g/mol. The van der Waals surface area contributed by atoms with E-state index in [9.17, 15) is 9.59 Å². The molecule has 0 spiro atoms. The van der Waals surface area contributed by atoms with E-state index in [1.54, 1.807) is 55.5 Å². The summed E-state index contributed by atoms with van der Waals surface area (Å²) in [6.45, 7) is 2.73. The number of nitrogens with one attached hydrogen (secondary N) is 2. The molecule has 4 rings (SSSR count). The second kappa shape index (κ2) is 10.8. The lowest BCUT2D eigenvalue weighted by Crippen LogP contribution is -2.38. The van der Waals surface area contributed by atoms with Gasteiger partial charge in [-0.1, -0.05) is 25.1 Å². The highest BCUT2D eigenvalue weighted by Crippen LogP contribution is 2.30. The van der Waals surface area contributed by atoms with Crippen LogP contribution in [-0.2, 0) is 17.9 Å². The highest BCUT2D eigenvalue weighted by Gasteiger charge is 2.30. The van der Waals surface area contributed by atoms with Crippen LogP contribution >= 0.6 is 0 Å². The first-order chi connectivity index (χ1) is 17.0. The number of methoxy groups -OCH3 is 2. The van der Waals surface area contributed by atoms with E-state index < -0.39 is 6.10 Å². The summed E-state index contributed by atoms with van der Waals surface area (Å²) < 4.78 is 16.5. The number of carbonyl (C=O) groups excluding carboxylic acids is 2. The molecule has 0 bridgehead atoms. The molecule has 0 fully saturated rings. The molecule has 8 nitrogen and oxygen atoms in total. The molecule has 0 aromatic heterocycles. The second-order valence-corrected chi connectivity index (χ2v) is 8.19. The molecule has 1 unspecified atom stereocenters. The van der Waals surface area contributed by atoms with Gasteiger partial charge < -0.3 is 29.7 Å². The lowest BCUT2D eigenvalue weighted by molar-refractivity contribution is -0.139. The summed E-state index contributed by atoms with van der Waals surface area (Å²) in [7, 11) is 3.19. The van der Waals surface area contributed by atoms with Gasteiger partial charge in [0.05, 0.1) is 14.2 Å². The Morgan fingerprint density at radius 1 is 0.971 bits per heavy atom. The summed E-state index contributed by atoms with van der Waals surface area (Å²) in [5.41, 5.74) is 3.02. The Morgan fingerprint density at radius 2 is 1.69 bits per heavy atom. The van der Waals surface area contributed by atoms with Gasteiger partial charge in [0.15, 0.2) is 6.10 Å². The smallest absolute Gasteiger partial charge is 0.323 e. The molecular formula is C27H29N3O5. The zero-order valence-electron chi connectivity index (χ0n) is 20.0. The van der Waals surface area contributed by atoms with Crippen molar-refractivity contribution in [3.8, 4) is 17.2 Å². The number of urea groups is 1. The van der Waals surface area contributed by atoms with E-state index in [-0.39, 0.29) is 11.9 Å². The maximum Gasteiger partial charge on any atom is 0.323 e. The fourth-order valence-corrected chi connectivity index (χ4v) is 3.92. The molecule has 35 heavy (non-hydrogen) atoms. The SMILES string of the molecule is CCC1Oc2ccc(NC(=O)Nc3cccc(OC)c3)cc2CN(Cc2ccc(OC)cc2)C1=O. The monoisotopic (exact) mass is 475 g/mol. The van der Waals surface area contributed by atoms with Gasteiger partial charge in [0.1, 0.15) is 17.2 Å². The summed E-state index contributed by atoms with van der Waals surface area (Å²) >= 11 is 0. The maximum atomic E-state index is 13.2. The van der Waals surface area contributed by atoms with E-state index in [0.29, 0.717) is 42.4 Å². The van der Waals surface area contributed by atoms with Gasteiger partial charge in [-0.05, 0) is 54.4 Å². The number of benzene rings is 3. The Kier molecular flexibility index (Phi) is 7.40. The molecule has 0 radical (unpaired) electrons. The number of hydrogen-bond donors (Lipinski definition) is 2. The van der Waals surface area contributed by atoms with E-state index in [1.165, 1.54) is 0 Å². The van der Waals surface area contributed by atoms with E-state index in [0.717, 1.165) is 16.9 Å². The van der Waals surface area contributed by atoms with Gasteiger partial charge in [0.25, 0.3) is 5.91 Å². The Morgan fingerprint density at radius 3 is 2.37 bits per heavy atom. The minimum absolute atomic E-state index is 0.0650. The first kappa shape index (κ1) is 23.9. The van der Waals surface area contributed by atoms with E-state index in [1.807, 2.05) is 37.3 Å². The maximum absolute atomic E-state index is 13.2. The van der Waals surface area contributed by atoms with Gasteiger partial charge >= 0.3 is 6.03 Å². The van der Waals surface area contributed by atoms with Gasteiger partial charge in [-0.2, -0.15) is 0 Å². The van der Waals surface area contributed by atoms with Gasteiger partial charge in [0, 0.05) is 36.1 Å². The molecule has 182 valence electrons. The summed E-state index contributed by atoms with van der Waals surface area (Å²) in [5, 5.41) is 5.64. The van der Waals surface area contributed by atoms with Crippen LogP contribution in [0.4, 0.5) is 16.2 Å². The van der Waals surface area contributed by atoms with Crippen molar-refractivity contribution >= 4 is 23.3 Å². The highest BCUT2D eigenvalue weighted by atomic mass is 16.5. The van der Waals surface area contributed by atoms with Crippen LogP contribution in [0.1, 0.15) is 24.5 Å². The van der Waals surface area contributed by atoms with E-state index in [2.05, 4.69) is 10.6 Å². The summed E-state index contributed by atoms with van der Waals surface area (Å²) in [4.78, 5) is 27.5. The van der Waals surface area contributed by atoms with E-state index >= 15 is 0 Å². The lowest BCUT2D eigenvalue weighted by Gasteiger charge is -2.23. The first-order valence-corrected chi connectivity index (χ1v) is 11.4. The minimum atomic E-state index is -0.565. The van der Waals surface area contributed by atoms with Crippen molar-refractivity contribution in [3.05, 3.63) is 77.9 Å². The largest absolute Gasteiger partial charge is 0.497 e. The number of fused-ring (bicyclic) bond motifs is 1. The Hall–Kier alpha value is -4.20. The fraction of sp³-hybridized carbons (Fsp3) is 0.259. The minimum Gasteiger partial charge on any atom is -0.497 e. The van der Waals surface area contributed by atoms with Gasteiger partial charge in [-0.15, -0.1) is 0 Å². The van der Waals surface area contributed by atoms with E-state index in [4.69, 9.17) is 14.2 Å². The Labute approximate surface area is 204 Å². The topological polar surface area (TPSA) is 89.1 Å². The van der Waals surface area contributed by atoms with Crippen molar-refractivity contribution in [1.82, 2.24) is 4.90 Å². The number of hydrogen-bond acceptors (Lipinski definition) is 5. The number of rotatable bonds is 7. The van der Waals surface area contributed by atoms with Crippen LogP contribution in [-0.4, -0.2) is 37.2 Å². The molecule has 8 heteroatoms. The fourth-order valence-electron chi connectivity index (χ4n) is 3.92. The lowest BCUT2D eigenvalue weighted by atomic mass is 10.1. The molecule has 1 heterocycles. The average Bonchev–Trinajstić information content (AvgIpc) is 3.00. The molecule has 3 amide bonds. The van der Waals surface area contributed by atoms with Crippen LogP contribution in [0.25, 0.3) is 0 Å². The van der Waals surface area contributed by atoms with Crippen LogP contribution < -0.4 is 24.8 Å². The quantitative estimate of drug-likeness (QED) is 0.499. The van der Waals surface area contributed by atoms with Crippen molar-refractivity contribution in [3.63, 3.8) is 0 Å². The zero-order valence-corrected chi connectivity index (χ0v) is 20.0. The number of nitrogens with zero attached hydrogens (tertiary/aromatic N) is 1. The molecule has 3 aromatic rings. The van der Waals surface area contributed by atoms with Gasteiger partial charge in [-0.25, -0.2) is 4.79 Å². The number of anilines is 2. The van der Waals surface area contributed by atoms with Crippen LogP contribution in [0.15, 0.2) is 66.7 Å². The predicted octanol–water partition coefficient (Wildman–Crippen LogP) is 5.05. The molecule has 1 atom stereocenters. The van der Waals surface area contributed by atoms with Gasteiger partial charge in [-0.3, -0.25) is 4.79 Å². The number of ether oxygens (including phenoxy) is 3. The van der Waals surface area contributed by atoms with Crippen LogP contribution in [0.3, 0.4) is 0 Å². The molecule has 2 N–H and O–H groups in total. The van der Waals surface area contributed by atoms with Crippen molar-refractivity contribution < 1.29 is 23.8 Å². The Balaban J connectivity index is 1.51.